The van der Waals surface area contributed by atoms with Crippen molar-refractivity contribution in [2.45, 2.75) is 12.8 Å². The third-order valence-corrected chi connectivity index (χ3v) is 3.47. The van der Waals surface area contributed by atoms with Crippen LogP contribution in [0, 0.1) is 5.82 Å². The van der Waals surface area contributed by atoms with E-state index in [1.807, 2.05) is 0 Å². The Bertz CT molecular complexity index is 462. The van der Waals surface area contributed by atoms with Gasteiger partial charge in [-0.15, -0.1) is 0 Å². The normalized spacial score (nSPS) is 14.9. The fourth-order valence-corrected chi connectivity index (χ4v) is 2.23. The summed E-state index contributed by atoms with van der Waals surface area (Å²) >= 11 is 3.03. The lowest BCUT2D eigenvalue weighted by Crippen LogP contribution is -2.32. The lowest BCUT2D eigenvalue weighted by atomic mass is 10.3. The molecular weight excluding hydrogens is 303 g/mol. The van der Waals surface area contributed by atoms with Gasteiger partial charge in [0.1, 0.15) is 11.6 Å². The number of halogens is 2. The van der Waals surface area contributed by atoms with Crippen LogP contribution in [0.2, 0.25) is 0 Å². The zero-order chi connectivity index (χ0) is 13.1. The van der Waals surface area contributed by atoms with E-state index in [4.69, 9.17) is 10.5 Å². The van der Waals surface area contributed by atoms with Gasteiger partial charge in [0, 0.05) is 19.2 Å². The number of ether oxygens (including phenoxy) is 1. The summed E-state index contributed by atoms with van der Waals surface area (Å²) in [6, 6.07) is 2.60. The van der Waals surface area contributed by atoms with Gasteiger partial charge in [-0.25, -0.2) is 4.39 Å². The van der Waals surface area contributed by atoms with Crippen LogP contribution >= 0.6 is 15.9 Å². The summed E-state index contributed by atoms with van der Waals surface area (Å²) in [4.78, 5) is 13.5. The van der Waals surface area contributed by atoms with Crippen molar-refractivity contribution >= 4 is 27.5 Å². The van der Waals surface area contributed by atoms with Gasteiger partial charge in [-0.05, 0) is 34.8 Å². The fourth-order valence-electron chi connectivity index (χ4n) is 1.87. The molecule has 4 nitrogen and oxygen atoms in total. The van der Waals surface area contributed by atoms with Crippen LogP contribution in [0.1, 0.15) is 12.8 Å². The number of likely N-dealkylation sites (tertiary alicyclic amines) is 1. The number of hydrogen-bond acceptors (Lipinski definition) is 3. The third kappa shape index (κ3) is 2.93. The molecule has 1 saturated heterocycles. The highest BCUT2D eigenvalue weighted by Crippen LogP contribution is 2.28. The molecule has 0 aliphatic carbocycles. The maximum absolute atomic E-state index is 13.3. The van der Waals surface area contributed by atoms with Crippen LogP contribution in [0.3, 0.4) is 0 Å². The average molecular weight is 317 g/mol. The molecule has 1 amide bonds. The van der Waals surface area contributed by atoms with E-state index in [9.17, 15) is 9.18 Å². The Morgan fingerprint density at radius 2 is 2.11 bits per heavy atom. The summed E-state index contributed by atoms with van der Waals surface area (Å²) in [6.07, 6.45) is 2.06. The highest BCUT2D eigenvalue weighted by atomic mass is 79.9. The van der Waals surface area contributed by atoms with Crippen molar-refractivity contribution < 1.29 is 13.9 Å². The summed E-state index contributed by atoms with van der Waals surface area (Å²) in [7, 11) is 0. The fraction of sp³-hybridized carbons (Fsp3) is 0.417. The minimum absolute atomic E-state index is 0.0878. The number of amides is 1. The zero-order valence-corrected chi connectivity index (χ0v) is 11.4. The predicted molar refractivity (Wildman–Crippen MR) is 69.8 cm³/mol. The van der Waals surface area contributed by atoms with Crippen LogP contribution < -0.4 is 10.5 Å². The van der Waals surface area contributed by atoms with Crippen molar-refractivity contribution in [2.75, 3.05) is 25.4 Å². The molecule has 0 spiro atoms. The van der Waals surface area contributed by atoms with Crippen molar-refractivity contribution in [3.63, 3.8) is 0 Å². The predicted octanol–water partition coefficient (Wildman–Crippen LogP) is 2.17. The first-order chi connectivity index (χ1) is 8.58. The second kappa shape index (κ2) is 5.56. The van der Waals surface area contributed by atoms with E-state index in [1.165, 1.54) is 12.1 Å². The van der Waals surface area contributed by atoms with E-state index >= 15 is 0 Å². The largest absolute Gasteiger partial charge is 0.482 e. The molecule has 0 aromatic heterocycles. The molecular formula is C12H14BrFN2O2. The van der Waals surface area contributed by atoms with Crippen LogP contribution in [0.15, 0.2) is 16.6 Å². The van der Waals surface area contributed by atoms with Gasteiger partial charge >= 0.3 is 0 Å². The van der Waals surface area contributed by atoms with Gasteiger partial charge in [0.15, 0.2) is 6.61 Å². The SMILES string of the molecule is Nc1cc(Br)c(F)cc1OCC(=O)N1CCCC1. The molecule has 1 aliphatic rings. The second-order valence-corrected chi connectivity index (χ2v) is 5.04. The first-order valence-electron chi connectivity index (χ1n) is 5.73. The van der Waals surface area contributed by atoms with Gasteiger partial charge in [0.05, 0.1) is 10.2 Å². The first kappa shape index (κ1) is 13.1. The molecule has 1 fully saturated rings. The van der Waals surface area contributed by atoms with Crippen LogP contribution in [0.4, 0.5) is 10.1 Å². The number of nitrogens with two attached hydrogens (primary N) is 1. The molecule has 1 aromatic rings. The summed E-state index contributed by atoms with van der Waals surface area (Å²) in [5.74, 6) is -0.355. The number of benzene rings is 1. The molecule has 6 heteroatoms. The highest BCUT2D eigenvalue weighted by Gasteiger charge is 2.18. The number of carbonyl (C=O) groups is 1. The van der Waals surface area contributed by atoms with E-state index in [0.29, 0.717) is 5.69 Å². The Kier molecular flexibility index (Phi) is 4.06. The topological polar surface area (TPSA) is 55.6 Å². The molecule has 98 valence electrons. The standard InChI is InChI=1S/C12H14BrFN2O2/c13-8-5-10(15)11(6-9(8)14)18-7-12(17)16-3-1-2-4-16/h5-6H,1-4,7,15H2. The average Bonchev–Trinajstić information content (AvgIpc) is 2.85. The summed E-state index contributed by atoms with van der Waals surface area (Å²) < 4.78 is 18.9. The third-order valence-electron chi connectivity index (χ3n) is 2.86. The van der Waals surface area contributed by atoms with Gasteiger partial charge in [0.25, 0.3) is 5.91 Å². The van der Waals surface area contributed by atoms with E-state index in [2.05, 4.69) is 15.9 Å². The number of nitrogen functional groups attached to an aromatic ring is 1. The highest BCUT2D eigenvalue weighted by molar-refractivity contribution is 9.10. The van der Waals surface area contributed by atoms with Crippen LogP contribution in [-0.2, 0) is 4.79 Å². The molecule has 2 N–H and O–H groups in total. The van der Waals surface area contributed by atoms with Gasteiger partial charge in [-0.3, -0.25) is 4.79 Å². The van der Waals surface area contributed by atoms with Gasteiger partial charge in [0.2, 0.25) is 0 Å². The molecule has 1 aromatic carbocycles. The molecule has 0 bridgehead atoms. The smallest absolute Gasteiger partial charge is 0.260 e. The van der Waals surface area contributed by atoms with Crippen LogP contribution in [0.25, 0.3) is 0 Å². The Hall–Kier alpha value is -1.30. The lowest BCUT2D eigenvalue weighted by molar-refractivity contribution is -0.132. The summed E-state index contributed by atoms with van der Waals surface area (Å²) in [5.41, 5.74) is 5.99. The minimum Gasteiger partial charge on any atom is -0.482 e. The van der Waals surface area contributed by atoms with Gasteiger partial charge < -0.3 is 15.4 Å². The number of hydrogen-bond donors (Lipinski definition) is 1. The van der Waals surface area contributed by atoms with Crippen molar-refractivity contribution in [3.05, 3.63) is 22.4 Å². The summed E-state index contributed by atoms with van der Waals surface area (Å²) in [5, 5.41) is 0. The molecule has 0 unspecified atom stereocenters. The maximum atomic E-state index is 13.3. The monoisotopic (exact) mass is 316 g/mol. The van der Waals surface area contributed by atoms with Crippen molar-refractivity contribution in [3.8, 4) is 5.75 Å². The number of nitrogens with zero attached hydrogens (tertiary/aromatic N) is 1. The van der Waals surface area contributed by atoms with Crippen molar-refractivity contribution in [2.24, 2.45) is 0 Å². The van der Waals surface area contributed by atoms with Crippen molar-refractivity contribution in [1.82, 2.24) is 4.90 Å². The van der Waals surface area contributed by atoms with Crippen LogP contribution in [-0.4, -0.2) is 30.5 Å². The molecule has 1 aliphatic heterocycles. The molecule has 18 heavy (non-hydrogen) atoms. The molecule has 1 heterocycles. The molecule has 0 radical (unpaired) electrons. The van der Waals surface area contributed by atoms with E-state index < -0.39 is 5.82 Å². The Morgan fingerprint density at radius 3 is 2.78 bits per heavy atom. The van der Waals surface area contributed by atoms with Gasteiger partial charge in [-0.1, -0.05) is 0 Å². The van der Waals surface area contributed by atoms with Crippen LogP contribution in [0.5, 0.6) is 5.75 Å². The Morgan fingerprint density at radius 1 is 1.44 bits per heavy atom. The number of rotatable bonds is 3. The molecule has 2 rings (SSSR count). The lowest BCUT2D eigenvalue weighted by Gasteiger charge is -2.16. The Labute approximate surface area is 113 Å². The summed E-state index contributed by atoms with van der Waals surface area (Å²) in [6.45, 7) is 1.43. The molecule has 0 saturated carbocycles. The second-order valence-electron chi connectivity index (χ2n) is 4.18. The minimum atomic E-state index is -0.465. The van der Waals surface area contributed by atoms with Crippen molar-refractivity contribution in [1.29, 1.82) is 0 Å². The number of anilines is 1. The van der Waals surface area contributed by atoms with E-state index in [1.54, 1.807) is 4.90 Å². The quantitative estimate of drug-likeness (QED) is 0.869. The van der Waals surface area contributed by atoms with Gasteiger partial charge in [-0.2, -0.15) is 0 Å². The Balaban J connectivity index is 1.97. The maximum Gasteiger partial charge on any atom is 0.260 e. The van der Waals surface area contributed by atoms with E-state index in [0.717, 1.165) is 25.9 Å². The first-order valence-corrected chi connectivity index (χ1v) is 6.52. The van der Waals surface area contributed by atoms with E-state index in [-0.39, 0.29) is 22.7 Å². The number of carbonyl (C=O) groups excluding carboxylic acids is 1. The molecule has 0 atom stereocenters. The zero-order valence-electron chi connectivity index (χ0n) is 9.79.